The molecule has 0 aliphatic carbocycles. The van der Waals surface area contributed by atoms with Gasteiger partial charge in [-0.25, -0.2) is 8.78 Å². The number of rotatable bonds is 2. The maximum atomic E-state index is 13.1. The van der Waals surface area contributed by atoms with Crippen molar-refractivity contribution in [2.75, 3.05) is 0 Å². The molecular weight excluding hydrogens is 170 g/mol. The fourth-order valence-corrected chi connectivity index (χ4v) is 1.17. The summed E-state index contributed by atoms with van der Waals surface area (Å²) in [6.07, 6.45) is 5.63. The highest BCUT2D eigenvalue weighted by Crippen LogP contribution is 2.16. The predicted molar refractivity (Wildman–Crippen MR) is 48.2 cm³/mol. The summed E-state index contributed by atoms with van der Waals surface area (Å²) < 4.78 is 26.3. The van der Waals surface area contributed by atoms with E-state index in [0.717, 1.165) is 0 Å². The van der Waals surface area contributed by atoms with Crippen molar-refractivity contribution >= 4 is 0 Å². The fourth-order valence-electron chi connectivity index (χ4n) is 1.17. The first-order valence-corrected chi connectivity index (χ1v) is 4.03. The molecule has 0 amide bonds. The summed E-state index contributed by atoms with van der Waals surface area (Å²) in [5, 5.41) is 0. The lowest BCUT2D eigenvalue weighted by Gasteiger charge is -2.03. The van der Waals surface area contributed by atoms with Gasteiger partial charge >= 0.3 is 0 Å². The predicted octanol–water partition coefficient (Wildman–Crippen LogP) is 2.84. The van der Waals surface area contributed by atoms with Crippen LogP contribution in [0.5, 0.6) is 0 Å². The Kier molecular flexibility index (Phi) is 3.02. The first-order valence-electron chi connectivity index (χ1n) is 4.03. The first-order chi connectivity index (χ1) is 6.15. The van der Waals surface area contributed by atoms with E-state index in [-0.39, 0.29) is 12.0 Å². The quantitative estimate of drug-likeness (QED) is 0.614. The van der Waals surface area contributed by atoms with Crippen molar-refractivity contribution in [2.45, 2.75) is 19.8 Å². The highest BCUT2D eigenvalue weighted by atomic mass is 19.1. The molecule has 13 heavy (non-hydrogen) atoms. The van der Waals surface area contributed by atoms with Gasteiger partial charge < -0.3 is 0 Å². The number of terminal acetylenes is 1. The second-order valence-corrected chi connectivity index (χ2v) is 2.91. The average molecular weight is 180 g/mol. The van der Waals surface area contributed by atoms with Crippen LogP contribution in [0.15, 0.2) is 12.1 Å². The second-order valence-electron chi connectivity index (χ2n) is 2.91. The average Bonchev–Trinajstić information content (AvgIpc) is 2.02. The maximum absolute atomic E-state index is 13.1. The zero-order valence-corrected chi connectivity index (χ0v) is 7.40. The summed E-state index contributed by atoms with van der Waals surface area (Å²) in [6.45, 7) is 1.65. The fraction of sp³-hybridized carbons (Fsp3) is 0.273. The minimum atomic E-state index is -0.507. The van der Waals surface area contributed by atoms with Gasteiger partial charge in [-0.15, -0.1) is 12.3 Å². The zero-order chi connectivity index (χ0) is 9.84. The van der Waals surface area contributed by atoms with E-state index in [4.69, 9.17) is 6.42 Å². The van der Waals surface area contributed by atoms with Crippen molar-refractivity contribution in [3.8, 4) is 12.3 Å². The molecule has 0 spiro atoms. The third-order valence-corrected chi connectivity index (χ3v) is 1.80. The van der Waals surface area contributed by atoms with Crippen LogP contribution in [0.25, 0.3) is 0 Å². The van der Waals surface area contributed by atoms with Crippen molar-refractivity contribution in [3.05, 3.63) is 34.9 Å². The Morgan fingerprint density at radius 1 is 1.31 bits per heavy atom. The zero-order valence-electron chi connectivity index (χ0n) is 7.40. The Morgan fingerprint density at radius 3 is 2.31 bits per heavy atom. The van der Waals surface area contributed by atoms with Gasteiger partial charge in [0.2, 0.25) is 0 Å². The molecule has 0 atom stereocenters. The third-order valence-electron chi connectivity index (χ3n) is 1.80. The van der Waals surface area contributed by atoms with E-state index in [1.165, 1.54) is 12.1 Å². The summed E-state index contributed by atoms with van der Waals surface area (Å²) in [4.78, 5) is 0. The van der Waals surface area contributed by atoms with Gasteiger partial charge in [-0.05, 0) is 31.0 Å². The second kappa shape index (κ2) is 4.04. The topological polar surface area (TPSA) is 0 Å². The smallest absolute Gasteiger partial charge is 0.129 e. The van der Waals surface area contributed by atoms with E-state index in [0.29, 0.717) is 12.0 Å². The van der Waals surface area contributed by atoms with E-state index >= 15 is 0 Å². The maximum Gasteiger partial charge on any atom is 0.129 e. The SMILES string of the molecule is C#CCCc1c(F)cc(C)cc1F. The van der Waals surface area contributed by atoms with Gasteiger partial charge in [0.15, 0.2) is 0 Å². The molecular formula is C11H10F2. The summed E-state index contributed by atoms with van der Waals surface area (Å²) in [5.74, 6) is 1.34. The van der Waals surface area contributed by atoms with E-state index in [1.807, 2.05) is 0 Å². The number of hydrogen-bond donors (Lipinski definition) is 0. The lowest BCUT2D eigenvalue weighted by atomic mass is 10.1. The molecule has 0 nitrogen and oxygen atoms in total. The molecule has 68 valence electrons. The largest absolute Gasteiger partial charge is 0.207 e. The first kappa shape index (κ1) is 9.73. The summed E-state index contributed by atoms with van der Waals surface area (Å²) in [5.41, 5.74) is 0.669. The molecule has 0 radical (unpaired) electrons. The van der Waals surface area contributed by atoms with Crippen LogP contribution < -0.4 is 0 Å². The molecule has 0 heterocycles. The van der Waals surface area contributed by atoms with Crippen LogP contribution >= 0.6 is 0 Å². The Bertz CT molecular complexity index is 325. The number of benzene rings is 1. The van der Waals surface area contributed by atoms with E-state index < -0.39 is 11.6 Å². The normalized spacial score (nSPS) is 9.69. The van der Waals surface area contributed by atoms with Crippen molar-refractivity contribution in [1.29, 1.82) is 0 Å². The van der Waals surface area contributed by atoms with Gasteiger partial charge in [0, 0.05) is 12.0 Å². The molecule has 0 N–H and O–H groups in total. The minimum Gasteiger partial charge on any atom is -0.207 e. The molecule has 0 aliphatic heterocycles. The number of hydrogen-bond acceptors (Lipinski definition) is 0. The Hall–Kier alpha value is -1.36. The lowest BCUT2D eigenvalue weighted by molar-refractivity contribution is 0.554. The lowest BCUT2D eigenvalue weighted by Crippen LogP contribution is -1.96. The van der Waals surface area contributed by atoms with Gasteiger partial charge in [0.1, 0.15) is 11.6 Å². The molecule has 0 bridgehead atoms. The highest BCUT2D eigenvalue weighted by Gasteiger charge is 2.08. The van der Waals surface area contributed by atoms with Crippen LogP contribution in [0.2, 0.25) is 0 Å². The van der Waals surface area contributed by atoms with E-state index in [9.17, 15) is 8.78 Å². The molecule has 0 fully saturated rings. The van der Waals surface area contributed by atoms with Gasteiger partial charge in [-0.2, -0.15) is 0 Å². The Morgan fingerprint density at radius 2 is 1.85 bits per heavy atom. The Labute approximate surface area is 76.6 Å². The van der Waals surface area contributed by atoms with Gasteiger partial charge in [0.25, 0.3) is 0 Å². The molecule has 0 saturated heterocycles. The number of halogens is 2. The molecule has 2 heteroatoms. The summed E-state index contributed by atoms with van der Waals surface area (Å²) >= 11 is 0. The van der Waals surface area contributed by atoms with Crippen molar-refractivity contribution in [3.63, 3.8) is 0 Å². The van der Waals surface area contributed by atoms with Crippen LogP contribution in [-0.4, -0.2) is 0 Å². The van der Waals surface area contributed by atoms with Crippen molar-refractivity contribution in [1.82, 2.24) is 0 Å². The van der Waals surface area contributed by atoms with Gasteiger partial charge in [-0.3, -0.25) is 0 Å². The van der Waals surface area contributed by atoms with Gasteiger partial charge in [0.05, 0.1) is 0 Å². The standard InChI is InChI=1S/C11H10F2/c1-3-4-5-9-10(12)6-8(2)7-11(9)13/h1,6-7H,4-5H2,2H3. The summed E-state index contributed by atoms with van der Waals surface area (Å²) in [7, 11) is 0. The monoisotopic (exact) mass is 180 g/mol. The minimum absolute atomic E-state index is 0.0866. The number of aryl methyl sites for hydroxylation is 1. The molecule has 1 rings (SSSR count). The molecule has 0 aromatic heterocycles. The van der Waals surface area contributed by atoms with E-state index in [2.05, 4.69) is 5.92 Å². The summed E-state index contributed by atoms with van der Waals surface area (Å²) in [6, 6.07) is 2.63. The molecule has 1 aromatic carbocycles. The molecule has 0 saturated carbocycles. The van der Waals surface area contributed by atoms with Crippen LogP contribution in [0, 0.1) is 30.9 Å². The highest BCUT2D eigenvalue weighted by molar-refractivity contribution is 5.25. The van der Waals surface area contributed by atoms with Crippen LogP contribution in [0.3, 0.4) is 0 Å². The van der Waals surface area contributed by atoms with Crippen molar-refractivity contribution in [2.24, 2.45) is 0 Å². The van der Waals surface area contributed by atoms with Crippen LogP contribution in [0.1, 0.15) is 17.5 Å². The van der Waals surface area contributed by atoms with Crippen LogP contribution in [-0.2, 0) is 6.42 Å². The molecule has 1 aromatic rings. The van der Waals surface area contributed by atoms with Crippen LogP contribution in [0.4, 0.5) is 8.78 Å². The third kappa shape index (κ3) is 2.29. The van der Waals surface area contributed by atoms with Gasteiger partial charge in [-0.1, -0.05) is 0 Å². The van der Waals surface area contributed by atoms with E-state index in [1.54, 1.807) is 6.92 Å². The molecule has 0 aliphatic rings. The molecule has 0 unspecified atom stereocenters. The van der Waals surface area contributed by atoms with Crippen molar-refractivity contribution < 1.29 is 8.78 Å². The Balaban J connectivity index is 3.00.